The second kappa shape index (κ2) is 10.5. The van der Waals surface area contributed by atoms with E-state index in [4.69, 9.17) is 4.74 Å². The van der Waals surface area contributed by atoms with Crippen molar-refractivity contribution in [3.05, 3.63) is 121 Å². The van der Waals surface area contributed by atoms with E-state index in [0.717, 1.165) is 35.8 Å². The second-order valence-corrected chi connectivity index (χ2v) is 10.8. The predicted molar refractivity (Wildman–Crippen MR) is 170 cm³/mol. The average molecular weight is 520 g/mol. The summed E-state index contributed by atoms with van der Waals surface area (Å²) in [7, 11) is 0. The second-order valence-electron chi connectivity index (χ2n) is 10.8. The third-order valence-electron chi connectivity index (χ3n) is 8.09. The molecule has 0 bridgehead atoms. The Hall–Kier alpha value is -4.56. The molecular formula is C38H33NO. The Bertz CT molecular complexity index is 1680. The van der Waals surface area contributed by atoms with Crippen LogP contribution in [0.25, 0.3) is 43.8 Å². The van der Waals surface area contributed by atoms with Crippen LogP contribution in [-0.4, -0.2) is 6.54 Å². The van der Waals surface area contributed by atoms with Gasteiger partial charge in [0.25, 0.3) is 0 Å². The molecule has 2 nitrogen and oxygen atoms in total. The SMILES string of the molecule is CCCCCCN1c2cc3cc(-c4ccccc4)ccc3cc2Oc2cc3ccc(-c4ccccc4)cc3cc21. The van der Waals surface area contributed by atoms with Gasteiger partial charge in [-0.3, -0.25) is 0 Å². The standard InChI is InChI=1S/C38H33NO/c1-2-3-4-11-20-39-35-23-33-21-29(27-12-7-5-8-13-27)16-18-31(33)25-37(35)40-38-26-32-19-17-30(22-34(32)24-36(38)39)28-14-9-6-10-15-28/h5-10,12-19,21-26H,2-4,11,20H2,1H3. The van der Waals surface area contributed by atoms with Crippen LogP contribution < -0.4 is 9.64 Å². The molecule has 0 fully saturated rings. The summed E-state index contributed by atoms with van der Waals surface area (Å²) in [5.41, 5.74) is 7.25. The van der Waals surface area contributed by atoms with Gasteiger partial charge in [0.1, 0.15) is 0 Å². The summed E-state index contributed by atoms with van der Waals surface area (Å²) in [5, 5.41) is 4.86. The number of rotatable bonds is 7. The van der Waals surface area contributed by atoms with Gasteiger partial charge in [0.2, 0.25) is 0 Å². The van der Waals surface area contributed by atoms with Crippen molar-refractivity contribution < 1.29 is 4.74 Å². The minimum Gasteiger partial charge on any atom is -0.453 e. The summed E-state index contributed by atoms with van der Waals surface area (Å²) in [6.07, 6.45) is 4.88. The smallest absolute Gasteiger partial charge is 0.151 e. The van der Waals surface area contributed by atoms with Crippen molar-refractivity contribution in [3.63, 3.8) is 0 Å². The lowest BCUT2D eigenvalue weighted by atomic mass is 9.98. The molecule has 0 atom stereocenters. The van der Waals surface area contributed by atoms with E-state index < -0.39 is 0 Å². The lowest BCUT2D eigenvalue weighted by molar-refractivity contribution is 0.473. The zero-order chi connectivity index (χ0) is 26.9. The first kappa shape index (κ1) is 24.5. The molecule has 2 heteroatoms. The maximum absolute atomic E-state index is 6.64. The first-order valence-electron chi connectivity index (χ1n) is 14.5. The molecule has 1 heterocycles. The predicted octanol–water partition coefficient (Wildman–Crippen LogP) is 11.2. The number of hydrogen-bond acceptors (Lipinski definition) is 2. The van der Waals surface area contributed by atoms with Crippen LogP contribution in [0, 0.1) is 0 Å². The Morgan fingerprint density at radius 2 is 1.00 bits per heavy atom. The van der Waals surface area contributed by atoms with Crippen LogP contribution in [0.4, 0.5) is 11.4 Å². The van der Waals surface area contributed by atoms with Gasteiger partial charge in [-0.1, -0.05) is 111 Å². The van der Waals surface area contributed by atoms with Gasteiger partial charge in [0, 0.05) is 6.54 Å². The Labute approximate surface area is 236 Å². The molecule has 6 aromatic rings. The molecule has 0 N–H and O–H groups in total. The number of ether oxygens (including phenoxy) is 1. The van der Waals surface area contributed by atoms with Gasteiger partial charge < -0.3 is 9.64 Å². The summed E-state index contributed by atoms with van der Waals surface area (Å²) in [6, 6.07) is 43.8. The summed E-state index contributed by atoms with van der Waals surface area (Å²) >= 11 is 0. The molecule has 0 saturated carbocycles. The van der Waals surface area contributed by atoms with Crippen molar-refractivity contribution >= 4 is 32.9 Å². The molecule has 196 valence electrons. The van der Waals surface area contributed by atoms with E-state index in [-0.39, 0.29) is 0 Å². The first-order chi connectivity index (χ1) is 19.8. The molecule has 1 aliphatic heterocycles. The van der Waals surface area contributed by atoms with Gasteiger partial charge in [-0.15, -0.1) is 0 Å². The zero-order valence-corrected chi connectivity index (χ0v) is 22.9. The largest absolute Gasteiger partial charge is 0.453 e. The highest BCUT2D eigenvalue weighted by Crippen LogP contribution is 2.50. The van der Waals surface area contributed by atoms with Crippen molar-refractivity contribution in [2.75, 3.05) is 11.4 Å². The van der Waals surface area contributed by atoms with E-state index in [1.165, 1.54) is 63.1 Å². The minimum absolute atomic E-state index is 0.934. The van der Waals surface area contributed by atoms with Gasteiger partial charge in [-0.2, -0.15) is 0 Å². The quantitative estimate of drug-likeness (QED) is 0.194. The van der Waals surface area contributed by atoms with Gasteiger partial charge in [-0.05, 0) is 86.6 Å². The normalized spacial score (nSPS) is 12.3. The Kier molecular flexibility index (Phi) is 6.45. The summed E-state index contributed by atoms with van der Waals surface area (Å²) in [6.45, 7) is 3.24. The number of hydrogen-bond donors (Lipinski definition) is 0. The van der Waals surface area contributed by atoms with Gasteiger partial charge in [0.05, 0.1) is 11.4 Å². The van der Waals surface area contributed by atoms with Crippen LogP contribution in [0.1, 0.15) is 32.6 Å². The third kappa shape index (κ3) is 4.60. The Morgan fingerprint density at radius 1 is 0.475 bits per heavy atom. The van der Waals surface area contributed by atoms with Gasteiger partial charge in [-0.25, -0.2) is 0 Å². The van der Waals surface area contributed by atoms with Gasteiger partial charge in [0.15, 0.2) is 11.5 Å². The third-order valence-corrected chi connectivity index (χ3v) is 8.09. The van der Waals surface area contributed by atoms with E-state index >= 15 is 0 Å². The van der Waals surface area contributed by atoms with Gasteiger partial charge >= 0.3 is 0 Å². The monoisotopic (exact) mass is 519 g/mol. The minimum atomic E-state index is 0.934. The summed E-state index contributed by atoms with van der Waals surface area (Å²) < 4.78 is 6.64. The highest BCUT2D eigenvalue weighted by atomic mass is 16.5. The molecule has 7 rings (SSSR count). The molecule has 0 radical (unpaired) electrons. The van der Waals surface area contributed by atoms with E-state index in [2.05, 4.69) is 133 Å². The van der Waals surface area contributed by atoms with E-state index in [1.807, 2.05) is 0 Å². The molecule has 0 aliphatic carbocycles. The molecule has 40 heavy (non-hydrogen) atoms. The molecular weight excluding hydrogens is 486 g/mol. The van der Waals surface area contributed by atoms with Crippen LogP contribution in [0.3, 0.4) is 0 Å². The molecule has 6 aromatic carbocycles. The molecule has 0 spiro atoms. The van der Waals surface area contributed by atoms with Crippen LogP contribution >= 0.6 is 0 Å². The summed E-state index contributed by atoms with van der Waals surface area (Å²) in [5.74, 6) is 1.87. The fourth-order valence-electron chi connectivity index (χ4n) is 5.92. The first-order valence-corrected chi connectivity index (χ1v) is 14.5. The van der Waals surface area contributed by atoms with Crippen LogP contribution in [0.5, 0.6) is 11.5 Å². The molecule has 0 aromatic heterocycles. The molecule has 0 saturated heterocycles. The fourth-order valence-corrected chi connectivity index (χ4v) is 5.92. The van der Waals surface area contributed by atoms with E-state index in [9.17, 15) is 0 Å². The van der Waals surface area contributed by atoms with Crippen LogP contribution in [-0.2, 0) is 0 Å². The average Bonchev–Trinajstić information content (AvgIpc) is 3.01. The highest BCUT2D eigenvalue weighted by Gasteiger charge is 2.25. The lowest BCUT2D eigenvalue weighted by Crippen LogP contribution is -2.22. The Balaban J connectivity index is 1.34. The summed E-state index contributed by atoms with van der Waals surface area (Å²) in [4.78, 5) is 2.49. The van der Waals surface area contributed by atoms with Crippen molar-refractivity contribution in [2.45, 2.75) is 32.6 Å². The zero-order valence-electron chi connectivity index (χ0n) is 22.9. The number of fused-ring (bicyclic) bond motifs is 4. The van der Waals surface area contributed by atoms with E-state index in [1.54, 1.807) is 0 Å². The highest BCUT2D eigenvalue weighted by molar-refractivity contribution is 5.98. The van der Waals surface area contributed by atoms with Crippen LogP contribution in [0.2, 0.25) is 0 Å². The van der Waals surface area contributed by atoms with Crippen molar-refractivity contribution in [1.29, 1.82) is 0 Å². The number of unbranched alkanes of at least 4 members (excludes halogenated alkanes) is 3. The van der Waals surface area contributed by atoms with E-state index in [0.29, 0.717) is 0 Å². The number of anilines is 2. The van der Waals surface area contributed by atoms with Crippen molar-refractivity contribution in [3.8, 4) is 33.8 Å². The molecule has 0 unspecified atom stereocenters. The topological polar surface area (TPSA) is 12.5 Å². The van der Waals surface area contributed by atoms with Crippen LogP contribution in [0.15, 0.2) is 121 Å². The molecule has 0 amide bonds. The maximum Gasteiger partial charge on any atom is 0.151 e. The Morgan fingerprint density at radius 3 is 1.50 bits per heavy atom. The maximum atomic E-state index is 6.64. The fraction of sp³-hybridized carbons (Fsp3) is 0.158. The lowest BCUT2D eigenvalue weighted by Gasteiger charge is -2.33. The number of benzene rings is 6. The van der Waals surface area contributed by atoms with Crippen molar-refractivity contribution in [2.24, 2.45) is 0 Å². The molecule has 1 aliphatic rings. The number of nitrogens with zero attached hydrogens (tertiary/aromatic N) is 1. The van der Waals surface area contributed by atoms with Crippen molar-refractivity contribution in [1.82, 2.24) is 0 Å².